The van der Waals surface area contributed by atoms with E-state index in [-0.39, 0.29) is 12.1 Å². The number of likely N-dealkylation sites (tertiary alicyclic amines) is 1. The van der Waals surface area contributed by atoms with Crippen molar-refractivity contribution < 1.29 is 14.3 Å². The van der Waals surface area contributed by atoms with E-state index in [4.69, 9.17) is 9.47 Å². The third-order valence-corrected chi connectivity index (χ3v) is 4.25. The minimum absolute atomic E-state index is 0.101. The molecular formula is C19H24N4O3. The normalized spacial score (nSPS) is 16.9. The van der Waals surface area contributed by atoms with Crippen LogP contribution in [0.2, 0.25) is 0 Å². The second-order valence-electron chi connectivity index (χ2n) is 6.55. The zero-order valence-corrected chi connectivity index (χ0v) is 15.4. The zero-order chi connectivity index (χ0) is 18.5. The molecule has 7 heteroatoms. The van der Waals surface area contributed by atoms with Crippen molar-refractivity contribution in [2.45, 2.75) is 32.8 Å². The number of rotatable bonds is 4. The van der Waals surface area contributed by atoms with Gasteiger partial charge in [0.15, 0.2) is 0 Å². The highest BCUT2D eigenvalue weighted by Crippen LogP contribution is 2.19. The minimum atomic E-state index is -0.107. The molecule has 26 heavy (non-hydrogen) atoms. The van der Waals surface area contributed by atoms with Crippen LogP contribution in [0.4, 0.5) is 10.5 Å². The van der Waals surface area contributed by atoms with Gasteiger partial charge in [0.25, 0.3) is 0 Å². The van der Waals surface area contributed by atoms with Crippen LogP contribution in [0.3, 0.4) is 0 Å². The lowest BCUT2D eigenvalue weighted by Crippen LogP contribution is -2.46. The molecule has 0 radical (unpaired) electrons. The van der Waals surface area contributed by atoms with Gasteiger partial charge in [-0.25, -0.2) is 4.79 Å². The average Bonchev–Trinajstić information content (AvgIpc) is 2.62. The third-order valence-electron chi connectivity index (χ3n) is 4.25. The number of carbonyl (C=O) groups excluding carboxylic acids is 1. The van der Waals surface area contributed by atoms with E-state index in [9.17, 15) is 4.79 Å². The van der Waals surface area contributed by atoms with E-state index in [0.717, 1.165) is 29.7 Å². The summed E-state index contributed by atoms with van der Waals surface area (Å²) in [6.45, 7) is 5.27. The fourth-order valence-corrected chi connectivity index (χ4v) is 3.12. The number of amides is 2. The average molecular weight is 356 g/mol. The Labute approximate surface area is 153 Å². The summed E-state index contributed by atoms with van der Waals surface area (Å²) in [5, 5.41) is 10.9. The standard InChI is InChI=1S/C19H24N4O3/c1-13-9-14(2)11-15(10-13)20-19(24)23-8-4-5-16(12-23)26-18-7-6-17(25-3)21-22-18/h6-7,9-11,16H,4-5,8,12H2,1-3H3,(H,20,24). The Hall–Kier alpha value is -2.83. The topological polar surface area (TPSA) is 76.6 Å². The fourth-order valence-electron chi connectivity index (χ4n) is 3.12. The Morgan fingerprint density at radius 1 is 1.15 bits per heavy atom. The van der Waals surface area contributed by atoms with E-state index >= 15 is 0 Å². The number of hydrogen-bond acceptors (Lipinski definition) is 5. The molecule has 0 spiro atoms. The molecule has 138 valence electrons. The van der Waals surface area contributed by atoms with Crippen LogP contribution < -0.4 is 14.8 Å². The first-order valence-corrected chi connectivity index (χ1v) is 8.72. The fraction of sp³-hybridized carbons (Fsp3) is 0.421. The van der Waals surface area contributed by atoms with Crippen LogP contribution in [0.25, 0.3) is 0 Å². The van der Waals surface area contributed by atoms with Crippen LogP contribution in [-0.2, 0) is 0 Å². The Morgan fingerprint density at radius 2 is 1.85 bits per heavy atom. The van der Waals surface area contributed by atoms with Gasteiger partial charge in [0.05, 0.1) is 13.7 Å². The summed E-state index contributed by atoms with van der Waals surface area (Å²) in [5.41, 5.74) is 3.06. The van der Waals surface area contributed by atoms with Crippen molar-refractivity contribution in [1.82, 2.24) is 15.1 Å². The third kappa shape index (κ3) is 4.62. The molecule has 1 saturated heterocycles. The van der Waals surface area contributed by atoms with Crippen LogP contribution in [0.1, 0.15) is 24.0 Å². The molecule has 1 aliphatic rings. The smallest absolute Gasteiger partial charge is 0.321 e. The highest BCUT2D eigenvalue weighted by molar-refractivity contribution is 5.89. The van der Waals surface area contributed by atoms with Crippen molar-refractivity contribution in [3.63, 3.8) is 0 Å². The van der Waals surface area contributed by atoms with Gasteiger partial charge in [-0.05, 0) is 49.9 Å². The van der Waals surface area contributed by atoms with Crippen LogP contribution in [-0.4, -0.2) is 47.4 Å². The number of nitrogens with one attached hydrogen (secondary N) is 1. The highest BCUT2D eigenvalue weighted by atomic mass is 16.5. The molecule has 7 nitrogen and oxygen atoms in total. The van der Waals surface area contributed by atoms with E-state index in [1.54, 1.807) is 17.0 Å². The first kappa shape index (κ1) is 18.0. The maximum Gasteiger partial charge on any atom is 0.321 e. The van der Waals surface area contributed by atoms with Crippen molar-refractivity contribution in [3.05, 3.63) is 41.5 Å². The molecule has 1 aromatic carbocycles. The number of urea groups is 1. The van der Waals surface area contributed by atoms with Crippen LogP contribution in [0, 0.1) is 13.8 Å². The lowest BCUT2D eigenvalue weighted by molar-refractivity contribution is 0.101. The molecule has 0 saturated carbocycles. The Balaban J connectivity index is 1.59. The summed E-state index contributed by atoms with van der Waals surface area (Å²) >= 11 is 0. The first-order chi connectivity index (χ1) is 12.5. The van der Waals surface area contributed by atoms with E-state index in [2.05, 4.69) is 21.6 Å². The summed E-state index contributed by atoms with van der Waals surface area (Å²) in [6, 6.07) is 9.34. The monoisotopic (exact) mass is 356 g/mol. The highest BCUT2D eigenvalue weighted by Gasteiger charge is 2.25. The van der Waals surface area contributed by atoms with E-state index in [1.807, 2.05) is 26.0 Å². The second kappa shape index (κ2) is 8.03. The lowest BCUT2D eigenvalue weighted by Gasteiger charge is -2.32. The van der Waals surface area contributed by atoms with Gasteiger partial charge in [-0.3, -0.25) is 0 Å². The van der Waals surface area contributed by atoms with Crippen LogP contribution >= 0.6 is 0 Å². The summed E-state index contributed by atoms with van der Waals surface area (Å²) < 4.78 is 10.9. The van der Waals surface area contributed by atoms with Gasteiger partial charge in [-0.15, -0.1) is 10.2 Å². The SMILES string of the molecule is COc1ccc(OC2CCCN(C(=O)Nc3cc(C)cc(C)c3)C2)nn1. The second-order valence-corrected chi connectivity index (χ2v) is 6.55. The number of hydrogen-bond donors (Lipinski definition) is 1. The van der Waals surface area contributed by atoms with Gasteiger partial charge < -0.3 is 19.7 Å². The molecule has 1 unspecified atom stereocenters. The Morgan fingerprint density at radius 3 is 2.50 bits per heavy atom. The maximum absolute atomic E-state index is 12.6. The van der Waals surface area contributed by atoms with Crippen molar-refractivity contribution in [2.75, 3.05) is 25.5 Å². The van der Waals surface area contributed by atoms with E-state index in [0.29, 0.717) is 24.8 Å². The molecule has 1 aromatic heterocycles. The molecule has 0 aliphatic carbocycles. The largest absolute Gasteiger partial charge is 0.480 e. The molecular weight excluding hydrogens is 332 g/mol. The number of methoxy groups -OCH3 is 1. The number of carbonyl (C=O) groups is 1. The predicted octanol–water partition coefficient (Wildman–Crippen LogP) is 3.18. The molecule has 2 aromatic rings. The number of ether oxygens (including phenoxy) is 2. The van der Waals surface area contributed by atoms with Gasteiger partial charge in [-0.2, -0.15) is 0 Å². The molecule has 2 amide bonds. The van der Waals surface area contributed by atoms with Crippen molar-refractivity contribution in [2.24, 2.45) is 0 Å². The quantitative estimate of drug-likeness (QED) is 0.910. The van der Waals surface area contributed by atoms with Crippen LogP contribution in [0.15, 0.2) is 30.3 Å². The van der Waals surface area contributed by atoms with Gasteiger partial charge in [0, 0.05) is 24.4 Å². The molecule has 1 atom stereocenters. The molecule has 1 fully saturated rings. The summed E-state index contributed by atoms with van der Waals surface area (Å²) in [4.78, 5) is 14.4. The summed E-state index contributed by atoms with van der Waals surface area (Å²) in [5.74, 6) is 0.878. The number of piperidine rings is 1. The zero-order valence-electron chi connectivity index (χ0n) is 15.4. The lowest BCUT2D eigenvalue weighted by atomic mass is 10.1. The van der Waals surface area contributed by atoms with Gasteiger partial charge in [0.1, 0.15) is 6.10 Å². The molecule has 0 bridgehead atoms. The number of benzene rings is 1. The Kier molecular flexibility index (Phi) is 5.55. The molecule has 1 N–H and O–H groups in total. The van der Waals surface area contributed by atoms with E-state index < -0.39 is 0 Å². The van der Waals surface area contributed by atoms with Crippen LogP contribution in [0.5, 0.6) is 11.8 Å². The number of aromatic nitrogens is 2. The maximum atomic E-state index is 12.6. The summed E-state index contributed by atoms with van der Waals surface area (Å²) in [7, 11) is 1.54. The Bertz CT molecular complexity index is 744. The number of aryl methyl sites for hydroxylation is 2. The van der Waals surface area contributed by atoms with E-state index in [1.165, 1.54) is 7.11 Å². The summed E-state index contributed by atoms with van der Waals surface area (Å²) in [6.07, 6.45) is 1.66. The van der Waals surface area contributed by atoms with Crippen molar-refractivity contribution >= 4 is 11.7 Å². The van der Waals surface area contributed by atoms with Crippen molar-refractivity contribution in [3.8, 4) is 11.8 Å². The van der Waals surface area contributed by atoms with Crippen molar-refractivity contribution in [1.29, 1.82) is 0 Å². The number of anilines is 1. The molecule has 1 aliphatic heterocycles. The van der Waals surface area contributed by atoms with Gasteiger partial charge >= 0.3 is 6.03 Å². The minimum Gasteiger partial charge on any atom is -0.480 e. The van der Waals surface area contributed by atoms with Gasteiger partial charge in [0.2, 0.25) is 11.8 Å². The predicted molar refractivity (Wildman–Crippen MR) is 98.7 cm³/mol. The first-order valence-electron chi connectivity index (χ1n) is 8.72. The number of nitrogens with zero attached hydrogens (tertiary/aromatic N) is 3. The van der Waals surface area contributed by atoms with Gasteiger partial charge in [-0.1, -0.05) is 6.07 Å². The molecule has 2 heterocycles. The molecule has 3 rings (SSSR count).